The lowest BCUT2D eigenvalue weighted by molar-refractivity contribution is 0.0997. The molecule has 1 aromatic carbocycles. The number of hydrogen-bond donors (Lipinski definition) is 2. The van der Waals surface area contributed by atoms with Gasteiger partial charge in [-0.15, -0.1) is 11.3 Å². The predicted octanol–water partition coefficient (Wildman–Crippen LogP) is 5.68. The topological polar surface area (TPSA) is 71.3 Å². The Hall–Kier alpha value is -2.86. The molecule has 0 saturated carbocycles. The number of rotatable bonds is 5. The van der Waals surface area contributed by atoms with E-state index in [1.807, 2.05) is 24.3 Å². The summed E-state index contributed by atoms with van der Waals surface area (Å²) in [5.74, 6) is -0.272. The molecule has 0 spiro atoms. The highest BCUT2D eigenvalue weighted by Crippen LogP contribution is 2.38. The molecular weight excluding hydrogens is 384 g/mol. The van der Waals surface area contributed by atoms with Crippen molar-refractivity contribution in [2.24, 2.45) is 0 Å². The summed E-state index contributed by atoms with van der Waals surface area (Å²) in [6.45, 7) is 2.07. The zero-order chi connectivity index (χ0) is 20.2. The molecule has 1 aliphatic rings. The van der Waals surface area contributed by atoms with Gasteiger partial charge in [-0.3, -0.25) is 9.59 Å². The van der Waals surface area contributed by atoms with E-state index in [0.29, 0.717) is 10.6 Å². The summed E-state index contributed by atoms with van der Waals surface area (Å²) in [7, 11) is 0. The van der Waals surface area contributed by atoms with E-state index in [1.165, 1.54) is 22.5 Å². The normalized spacial score (nSPS) is 13.4. The molecule has 5 nitrogen and oxygen atoms in total. The maximum atomic E-state index is 13.3. The summed E-state index contributed by atoms with van der Waals surface area (Å²) in [6.07, 6.45) is 7.44. The van der Waals surface area contributed by atoms with Gasteiger partial charge in [0.2, 0.25) is 0 Å². The lowest BCUT2D eigenvalue weighted by Gasteiger charge is -2.12. The van der Waals surface area contributed by atoms with Crippen LogP contribution in [0.3, 0.4) is 0 Å². The average molecular weight is 409 g/mol. The standard InChI is InChI=1S/C23H24N2O3S/c1-2-15-9-6-7-11-17(15)24-22(27)20-16-10-4-3-5-13-19(16)29-23(20)25-21(26)18-12-8-14-28-18/h6-9,11-12,14H,2-5,10,13H2,1H3,(H,24,27)(H,25,26). The molecule has 0 radical (unpaired) electrons. The molecule has 3 aromatic rings. The minimum atomic E-state index is -0.339. The second kappa shape index (κ2) is 8.66. The van der Waals surface area contributed by atoms with Gasteiger partial charge in [-0.05, 0) is 61.4 Å². The molecule has 0 unspecified atom stereocenters. The zero-order valence-corrected chi connectivity index (χ0v) is 17.2. The van der Waals surface area contributed by atoms with Crippen LogP contribution in [0.15, 0.2) is 47.1 Å². The number of carbonyl (C=O) groups excluding carboxylic acids is 2. The van der Waals surface area contributed by atoms with E-state index in [1.54, 1.807) is 12.1 Å². The highest BCUT2D eigenvalue weighted by Gasteiger charge is 2.26. The van der Waals surface area contributed by atoms with Gasteiger partial charge in [-0.1, -0.05) is 31.5 Å². The van der Waals surface area contributed by atoms with Crippen molar-refractivity contribution in [3.63, 3.8) is 0 Å². The van der Waals surface area contributed by atoms with Crippen LogP contribution in [-0.2, 0) is 19.3 Å². The number of para-hydroxylation sites is 1. The van der Waals surface area contributed by atoms with Crippen molar-refractivity contribution in [3.05, 3.63) is 70.0 Å². The van der Waals surface area contributed by atoms with E-state index in [2.05, 4.69) is 17.6 Å². The second-order valence-electron chi connectivity index (χ2n) is 7.16. The van der Waals surface area contributed by atoms with Crippen molar-refractivity contribution >= 4 is 33.8 Å². The highest BCUT2D eigenvalue weighted by molar-refractivity contribution is 7.17. The van der Waals surface area contributed by atoms with Gasteiger partial charge < -0.3 is 15.1 Å². The van der Waals surface area contributed by atoms with E-state index in [9.17, 15) is 9.59 Å². The van der Waals surface area contributed by atoms with Crippen LogP contribution < -0.4 is 10.6 Å². The van der Waals surface area contributed by atoms with Crippen molar-refractivity contribution in [2.45, 2.75) is 45.4 Å². The molecule has 2 heterocycles. The predicted molar refractivity (Wildman–Crippen MR) is 116 cm³/mol. The number of carbonyl (C=O) groups is 2. The van der Waals surface area contributed by atoms with E-state index in [4.69, 9.17) is 4.42 Å². The molecule has 150 valence electrons. The van der Waals surface area contributed by atoms with Gasteiger partial charge in [0.05, 0.1) is 11.8 Å². The second-order valence-corrected chi connectivity index (χ2v) is 8.27. The Morgan fingerprint density at radius 1 is 1.00 bits per heavy atom. The van der Waals surface area contributed by atoms with E-state index >= 15 is 0 Å². The smallest absolute Gasteiger partial charge is 0.291 e. The van der Waals surface area contributed by atoms with E-state index in [-0.39, 0.29) is 17.6 Å². The van der Waals surface area contributed by atoms with Gasteiger partial charge in [0.15, 0.2) is 5.76 Å². The Kier molecular flexibility index (Phi) is 5.81. The maximum Gasteiger partial charge on any atom is 0.291 e. The quantitative estimate of drug-likeness (QED) is 0.534. The van der Waals surface area contributed by atoms with Crippen molar-refractivity contribution < 1.29 is 14.0 Å². The van der Waals surface area contributed by atoms with Gasteiger partial charge in [0, 0.05) is 10.6 Å². The van der Waals surface area contributed by atoms with Crippen molar-refractivity contribution in [1.29, 1.82) is 0 Å². The molecule has 0 atom stereocenters. The molecule has 6 heteroatoms. The largest absolute Gasteiger partial charge is 0.459 e. The summed E-state index contributed by atoms with van der Waals surface area (Å²) in [6, 6.07) is 11.1. The summed E-state index contributed by atoms with van der Waals surface area (Å²) in [5, 5.41) is 6.59. The average Bonchev–Trinajstić information content (AvgIpc) is 3.32. The van der Waals surface area contributed by atoms with Crippen LogP contribution in [-0.4, -0.2) is 11.8 Å². The van der Waals surface area contributed by atoms with E-state index < -0.39 is 0 Å². The fourth-order valence-corrected chi connectivity index (χ4v) is 5.06. The lowest BCUT2D eigenvalue weighted by Crippen LogP contribution is -2.18. The first kappa shape index (κ1) is 19.5. The molecule has 0 fully saturated rings. The van der Waals surface area contributed by atoms with Gasteiger partial charge in [0.1, 0.15) is 5.00 Å². The first-order valence-electron chi connectivity index (χ1n) is 10.1. The van der Waals surface area contributed by atoms with Crippen LogP contribution in [0.4, 0.5) is 10.7 Å². The molecule has 4 rings (SSSR count). The molecule has 1 aliphatic carbocycles. The number of furan rings is 1. The molecule has 2 aromatic heterocycles. The number of hydrogen-bond acceptors (Lipinski definition) is 4. The van der Waals surface area contributed by atoms with Crippen molar-refractivity contribution in [2.75, 3.05) is 10.6 Å². The third kappa shape index (κ3) is 4.12. The van der Waals surface area contributed by atoms with Gasteiger partial charge in [-0.25, -0.2) is 0 Å². The number of amides is 2. The fraction of sp³-hybridized carbons (Fsp3) is 0.304. The van der Waals surface area contributed by atoms with Gasteiger partial charge in [0.25, 0.3) is 11.8 Å². The Morgan fingerprint density at radius 2 is 1.83 bits per heavy atom. The minimum absolute atomic E-state index is 0.167. The maximum absolute atomic E-state index is 13.3. The Bertz CT molecular complexity index is 1020. The summed E-state index contributed by atoms with van der Waals surface area (Å²) in [4.78, 5) is 27.1. The summed E-state index contributed by atoms with van der Waals surface area (Å²) < 4.78 is 5.21. The van der Waals surface area contributed by atoms with Crippen molar-refractivity contribution in [1.82, 2.24) is 0 Å². The van der Waals surface area contributed by atoms with Crippen LogP contribution in [0.25, 0.3) is 0 Å². The summed E-state index contributed by atoms with van der Waals surface area (Å²) >= 11 is 1.52. The molecular formula is C23H24N2O3S. The molecule has 2 N–H and O–H groups in total. The number of thiophene rings is 1. The molecule has 29 heavy (non-hydrogen) atoms. The number of aryl methyl sites for hydroxylation is 2. The summed E-state index contributed by atoms with van der Waals surface area (Å²) in [5.41, 5.74) is 3.58. The molecule has 0 saturated heterocycles. The molecule has 0 bridgehead atoms. The van der Waals surface area contributed by atoms with Crippen LogP contribution in [0, 0.1) is 0 Å². The monoisotopic (exact) mass is 408 g/mol. The number of anilines is 2. The number of nitrogens with one attached hydrogen (secondary N) is 2. The van der Waals surface area contributed by atoms with Crippen LogP contribution in [0.2, 0.25) is 0 Å². The van der Waals surface area contributed by atoms with Crippen LogP contribution in [0.5, 0.6) is 0 Å². The molecule has 0 aliphatic heterocycles. The fourth-order valence-electron chi connectivity index (χ4n) is 3.78. The van der Waals surface area contributed by atoms with Crippen molar-refractivity contribution in [3.8, 4) is 0 Å². The SMILES string of the molecule is CCc1ccccc1NC(=O)c1c(NC(=O)c2ccco2)sc2c1CCCCC2. The third-order valence-corrected chi connectivity index (χ3v) is 6.47. The first-order chi connectivity index (χ1) is 14.2. The number of benzene rings is 1. The Morgan fingerprint density at radius 3 is 2.62 bits per heavy atom. The zero-order valence-electron chi connectivity index (χ0n) is 16.4. The molecule has 2 amide bonds. The van der Waals surface area contributed by atoms with Gasteiger partial charge >= 0.3 is 0 Å². The lowest BCUT2D eigenvalue weighted by atomic mass is 10.0. The number of fused-ring (bicyclic) bond motifs is 1. The Labute approximate surface area is 174 Å². The minimum Gasteiger partial charge on any atom is -0.459 e. The van der Waals surface area contributed by atoms with Gasteiger partial charge in [-0.2, -0.15) is 0 Å². The first-order valence-corrected chi connectivity index (χ1v) is 10.9. The van der Waals surface area contributed by atoms with E-state index in [0.717, 1.165) is 55.3 Å². The highest BCUT2D eigenvalue weighted by atomic mass is 32.1. The third-order valence-electron chi connectivity index (χ3n) is 5.27. The van der Waals surface area contributed by atoms with Crippen LogP contribution >= 0.6 is 11.3 Å². The Balaban J connectivity index is 1.69. The van der Waals surface area contributed by atoms with Crippen LogP contribution in [0.1, 0.15) is 63.1 Å².